The van der Waals surface area contributed by atoms with E-state index in [0.29, 0.717) is 24.6 Å². The number of halogens is 2. The smallest absolute Gasteiger partial charge is 0.252 e. The average molecular weight is 358 g/mol. The van der Waals surface area contributed by atoms with Crippen LogP contribution in [0.3, 0.4) is 0 Å². The monoisotopic (exact) mass is 357 g/mol. The SMILES string of the molecule is CC(C)c1cc(C(=O)NCCCCN)c2ccccc2n1.Cl.Cl. The first-order valence-corrected chi connectivity index (χ1v) is 7.51. The number of benzene rings is 1. The van der Waals surface area contributed by atoms with Crippen molar-refractivity contribution in [2.24, 2.45) is 5.73 Å². The average Bonchev–Trinajstić information content (AvgIpc) is 2.50. The standard InChI is InChI=1S/C17H23N3O.2ClH/c1-12(2)16-11-14(17(21)19-10-6-5-9-18)13-7-3-4-8-15(13)20-16;;/h3-4,7-8,11-12H,5-6,9-10,18H2,1-2H3,(H,19,21);2*1H. The topological polar surface area (TPSA) is 68.0 Å². The van der Waals surface area contributed by atoms with Crippen molar-refractivity contribution in [2.45, 2.75) is 32.6 Å². The summed E-state index contributed by atoms with van der Waals surface area (Å²) in [7, 11) is 0. The Hall–Kier alpha value is -1.36. The van der Waals surface area contributed by atoms with Crippen molar-refractivity contribution in [3.8, 4) is 0 Å². The van der Waals surface area contributed by atoms with E-state index >= 15 is 0 Å². The molecule has 1 heterocycles. The van der Waals surface area contributed by atoms with Gasteiger partial charge in [0.15, 0.2) is 0 Å². The van der Waals surface area contributed by atoms with E-state index in [2.05, 4.69) is 24.1 Å². The van der Waals surface area contributed by atoms with Crippen LogP contribution in [0.1, 0.15) is 48.7 Å². The number of carbonyl (C=O) groups excluding carboxylic acids is 1. The first-order chi connectivity index (χ1) is 10.1. The van der Waals surface area contributed by atoms with Crippen LogP contribution in [0.25, 0.3) is 10.9 Å². The van der Waals surface area contributed by atoms with Gasteiger partial charge in [-0.05, 0) is 37.4 Å². The van der Waals surface area contributed by atoms with E-state index in [4.69, 9.17) is 5.73 Å². The van der Waals surface area contributed by atoms with Gasteiger partial charge in [-0.15, -0.1) is 24.8 Å². The van der Waals surface area contributed by atoms with E-state index in [0.717, 1.165) is 29.4 Å². The van der Waals surface area contributed by atoms with Crippen LogP contribution in [0, 0.1) is 0 Å². The molecule has 1 aromatic heterocycles. The van der Waals surface area contributed by atoms with E-state index in [1.165, 1.54) is 0 Å². The number of pyridine rings is 1. The van der Waals surface area contributed by atoms with Gasteiger partial charge < -0.3 is 11.1 Å². The Morgan fingerprint density at radius 1 is 1.22 bits per heavy atom. The summed E-state index contributed by atoms with van der Waals surface area (Å²) in [4.78, 5) is 17.1. The number of unbranched alkanes of at least 4 members (excludes halogenated alkanes) is 1. The Balaban J connectivity index is 0.00000242. The van der Waals surface area contributed by atoms with Gasteiger partial charge in [-0.2, -0.15) is 0 Å². The molecule has 23 heavy (non-hydrogen) atoms. The molecule has 2 aromatic rings. The van der Waals surface area contributed by atoms with Gasteiger partial charge in [-0.25, -0.2) is 0 Å². The van der Waals surface area contributed by atoms with E-state index in [9.17, 15) is 4.79 Å². The normalized spacial score (nSPS) is 10.1. The van der Waals surface area contributed by atoms with Gasteiger partial charge in [-0.1, -0.05) is 32.0 Å². The first kappa shape index (κ1) is 21.6. The van der Waals surface area contributed by atoms with Crippen LogP contribution in [0.5, 0.6) is 0 Å². The summed E-state index contributed by atoms with van der Waals surface area (Å²) in [5, 5.41) is 3.87. The Morgan fingerprint density at radius 2 is 1.91 bits per heavy atom. The third kappa shape index (κ3) is 5.65. The van der Waals surface area contributed by atoms with Crippen molar-refractivity contribution < 1.29 is 4.79 Å². The number of carbonyl (C=O) groups is 1. The third-order valence-electron chi connectivity index (χ3n) is 3.49. The molecule has 0 aliphatic carbocycles. The van der Waals surface area contributed by atoms with E-state index < -0.39 is 0 Å². The van der Waals surface area contributed by atoms with Crippen molar-refractivity contribution >= 4 is 41.6 Å². The van der Waals surface area contributed by atoms with Crippen molar-refractivity contribution in [3.63, 3.8) is 0 Å². The Labute approximate surface area is 150 Å². The number of para-hydroxylation sites is 1. The number of amides is 1. The van der Waals surface area contributed by atoms with Crippen molar-refractivity contribution in [3.05, 3.63) is 41.6 Å². The predicted molar refractivity (Wildman–Crippen MR) is 101 cm³/mol. The van der Waals surface area contributed by atoms with Gasteiger partial charge in [0.1, 0.15) is 0 Å². The summed E-state index contributed by atoms with van der Waals surface area (Å²) in [6.07, 6.45) is 1.83. The number of nitrogens with one attached hydrogen (secondary N) is 1. The molecule has 0 aliphatic heterocycles. The quantitative estimate of drug-likeness (QED) is 0.774. The highest BCUT2D eigenvalue weighted by Crippen LogP contribution is 2.22. The molecule has 1 aromatic carbocycles. The van der Waals surface area contributed by atoms with Crippen LogP contribution < -0.4 is 11.1 Å². The zero-order chi connectivity index (χ0) is 15.2. The molecular weight excluding hydrogens is 333 g/mol. The fraction of sp³-hybridized carbons (Fsp3) is 0.412. The lowest BCUT2D eigenvalue weighted by atomic mass is 10.0. The minimum atomic E-state index is -0.0347. The van der Waals surface area contributed by atoms with Crippen LogP contribution in [-0.2, 0) is 0 Å². The van der Waals surface area contributed by atoms with Crippen LogP contribution >= 0.6 is 24.8 Å². The Morgan fingerprint density at radius 3 is 2.57 bits per heavy atom. The summed E-state index contributed by atoms with van der Waals surface area (Å²) in [5.74, 6) is 0.255. The van der Waals surface area contributed by atoms with E-state index in [1.54, 1.807) is 0 Å². The van der Waals surface area contributed by atoms with Crippen LogP contribution in [0.15, 0.2) is 30.3 Å². The van der Waals surface area contributed by atoms with Crippen LogP contribution in [0.2, 0.25) is 0 Å². The van der Waals surface area contributed by atoms with Crippen LogP contribution in [0.4, 0.5) is 0 Å². The molecule has 6 heteroatoms. The minimum Gasteiger partial charge on any atom is -0.352 e. The van der Waals surface area contributed by atoms with E-state index in [1.807, 2.05) is 30.3 Å². The van der Waals surface area contributed by atoms with Gasteiger partial charge in [0, 0.05) is 17.6 Å². The molecule has 0 fully saturated rings. The molecule has 128 valence electrons. The lowest BCUT2D eigenvalue weighted by Crippen LogP contribution is -2.25. The molecule has 4 nitrogen and oxygen atoms in total. The zero-order valence-electron chi connectivity index (χ0n) is 13.5. The lowest BCUT2D eigenvalue weighted by Gasteiger charge is -2.12. The molecule has 0 saturated heterocycles. The van der Waals surface area contributed by atoms with Crippen molar-refractivity contribution in [1.29, 1.82) is 0 Å². The van der Waals surface area contributed by atoms with Gasteiger partial charge in [-0.3, -0.25) is 9.78 Å². The maximum absolute atomic E-state index is 12.4. The summed E-state index contributed by atoms with van der Waals surface area (Å²) in [6, 6.07) is 9.69. The van der Waals surface area contributed by atoms with Gasteiger partial charge in [0.25, 0.3) is 5.91 Å². The second-order valence-electron chi connectivity index (χ2n) is 5.52. The second-order valence-corrected chi connectivity index (χ2v) is 5.52. The molecule has 0 radical (unpaired) electrons. The van der Waals surface area contributed by atoms with Crippen molar-refractivity contribution in [2.75, 3.05) is 13.1 Å². The first-order valence-electron chi connectivity index (χ1n) is 7.51. The molecule has 3 N–H and O–H groups in total. The highest BCUT2D eigenvalue weighted by atomic mass is 35.5. The largest absolute Gasteiger partial charge is 0.352 e. The summed E-state index contributed by atoms with van der Waals surface area (Å²) >= 11 is 0. The van der Waals surface area contributed by atoms with Gasteiger partial charge in [0.05, 0.1) is 11.1 Å². The fourth-order valence-corrected chi connectivity index (χ4v) is 2.25. The number of aromatic nitrogens is 1. The maximum Gasteiger partial charge on any atom is 0.252 e. The fourth-order valence-electron chi connectivity index (χ4n) is 2.25. The second kappa shape index (κ2) is 10.4. The lowest BCUT2D eigenvalue weighted by molar-refractivity contribution is 0.0954. The summed E-state index contributed by atoms with van der Waals surface area (Å²) in [5.41, 5.74) is 7.99. The summed E-state index contributed by atoms with van der Waals surface area (Å²) in [6.45, 7) is 5.48. The summed E-state index contributed by atoms with van der Waals surface area (Å²) < 4.78 is 0. The molecule has 0 saturated carbocycles. The number of hydrogen-bond acceptors (Lipinski definition) is 3. The molecule has 0 unspecified atom stereocenters. The van der Waals surface area contributed by atoms with Gasteiger partial charge >= 0.3 is 0 Å². The van der Waals surface area contributed by atoms with Crippen molar-refractivity contribution in [1.82, 2.24) is 10.3 Å². The highest BCUT2D eigenvalue weighted by Gasteiger charge is 2.13. The van der Waals surface area contributed by atoms with Crippen LogP contribution in [-0.4, -0.2) is 24.0 Å². The number of hydrogen-bond donors (Lipinski definition) is 2. The molecule has 0 bridgehead atoms. The third-order valence-corrected chi connectivity index (χ3v) is 3.49. The predicted octanol–water partition coefficient (Wildman–Crippen LogP) is 3.67. The van der Waals surface area contributed by atoms with E-state index in [-0.39, 0.29) is 30.7 Å². The molecule has 2 rings (SSSR count). The zero-order valence-corrected chi connectivity index (χ0v) is 15.2. The molecule has 1 amide bonds. The molecule has 0 aliphatic rings. The Kier molecular flexibility index (Phi) is 9.80. The molecular formula is C17H25Cl2N3O. The Bertz CT molecular complexity index is 632. The molecule has 0 spiro atoms. The number of nitrogens with zero attached hydrogens (tertiary/aromatic N) is 1. The maximum atomic E-state index is 12.4. The number of nitrogens with two attached hydrogens (primary N) is 1. The number of rotatable bonds is 6. The molecule has 0 atom stereocenters. The van der Waals surface area contributed by atoms with Gasteiger partial charge in [0.2, 0.25) is 0 Å². The minimum absolute atomic E-state index is 0. The highest BCUT2D eigenvalue weighted by molar-refractivity contribution is 6.06. The number of fused-ring (bicyclic) bond motifs is 1.